The fourth-order valence-electron chi connectivity index (χ4n) is 6.34. The highest BCUT2D eigenvalue weighted by Gasteiger charge is 2.55. The van der Waals surface area contributed by atoms with Crippen LogP contribution in [0.1, 0.15) is 48.5 Å². The van der Waals surface area contributed by atoms with Crippen molar-refractivity contribution in [3.63, 3.8) is 0 Å². The van der Waals surface area contributed by atoms with E-state index in [9.17, 15) is 18.0 Å². The second kappa shape index (κ2) is 14.1. The lowest BCUT2D eigenvalue weighted by atomic mass is 9.95. The van der Waals surface area contributed by atoms with Crippen LogP contribution in [0.4, 0.5) is 0 Å². The van der Waals surface area contributed by atoms with E-state index in [0.717, 1.165) is 24.0 Å². The molecule has 0 radical (unpaired) electrons. The van der Waals surface area contributed by atoms with Crippen LogP contribution < -0.4 is 20.7 Å². The van der Waals surface area contributed by atoms with Crippen LogP contribution in [0.15, 0.2) is 71.6 Å². The second-order valence-electron chi connectivity index (χ2n) is 11.4. The van der Waals surface area contributed by atoms with Gasteiger partial charge in [0.15, 0.2) is 5.66 Å². The molecule has 246 valence electrons. The summed E-state index contributed by atoms with van der Waals surface area (Å²) in [6.07, 6.45) is 1.62. The predicted octanol–water partition coefficient (Wildman–Crippen LogP) is 4.39. The lowest BCUT2D eigenvalue weighted by molar-refractivity contribution is -0.144. The van der Waals surface area contributed by atoms with E-state index in [1.807, 2.05) is 24.3 Å². The standard InChI is InChI=1S/C32H35Cl2N5O5S.ClH/c1-2-44-27-19-25(45(42,43)39-16-3-4-17-39)13-14-26(27)32(31(41)38-18-15-35-28(40)20-38)36-29(21-5-9-23(33)10-6-21)30(37-32)22-7-11-24(34)12-8-22;/h5-14,19,29-30,36-37H,2-4,15-18,20H2,1H3,(H,35,40);1H/t29-,30+,32?;. The number of carbonyl (C=O) groups is 2. The molecular weight excluding hydrogens is 673 g/mol. The Morgan fingerprint density at radius 2 is 1.48 bits per heavy atom. The number of piperazine rings is 1. The molecule has 10 nitrogen and oxygen atoms in total. The average Bonchev–Trinajstić information content (AvgIpc) is 3.72. The van der Waals surface area contributed by atoms with Gasteiger partial charge in [0.1, 0.15) is 5.75 Å². The van der Waals surface area contributed by atoms with Crippen LogP contribution in [-0.4, -0.2) is 68.8 Å². The molecule has 3 aliphatic heterocycles. The molecular formula is C32H36Cl3N5O5S. The molecule has 0 bridgehead atoms. The summed E-state index contributed by atoms with van der Waals surface area (Å²) >= 11 is 12.5. The third-order valence-electron chi connectivity index (χ3n) is 8.54. The lowest BCUT2D eigenvalue weighted by Crippen LogP contribution is -2.62. The van der Waals surface area contributed by atoms with Crippen molar-refractivity contribution in [2.75, 3.05) is 39.3 Å². The number of nitrogens with one attached hydrogen (secondary N) is 3. The molecule has 0 spiro atoms. The van der Waals surface area contributed by atoms with Crippen molar-refractivity contribution in [3.05, 3.63) is 93.5 Å². The summed E-state index contributed by atoms with van der Waals surface area (Å²) in [5.74, 6) is -0.397. The van der Waals surface area contributed by atoms with Gasteiger partial charge in [0, 0.05) is 47.9 Å². The molecule has 3 aromatic rings. The molecule has 14 heteroatoms. The van der Waals surface area contributed by atoms with Crippen molar-refractivity contribution in [2.45, 2.75) is 42.4 Å². The first-order chi connectivity index (χ1) is 21.6. The maximum Gasteiger partial charge on any atom is 0.263 e. The Balaban J connectivity index is 0.00000417. The minimum atomic E-state index is -3.76. The zero-order chi connectivity index (χ0) is 31.8. The van der Waals surface area contributed by atoms with E-state index < -0.39 is 27.8 Å². The summed E-state index contributed by atoms with van der Waals surface area (Å²) in [6, 6.07) is 18.5. The first-order valence-corrected chi connectivity index (χ1v) is 17.2. The van der Waals surface area contributed by atoms with E-state index in [2.05, 4.69) is 16.0 Å². The molecule has 3 atom stereocenters. The quantitative estimate of drug-likeness (QED) is 0.318. The molecule has 3 fully saturated rings. The maximum absolute atomic E-state index is 14.8. The number of halogens is 3. The number of nitrogens with zero attached hydrogens (tertiary/aromatic N) is 2. The summed E-state index contributed by atoms with van der Waals surface area (Å²) in [7, 11) is -3.76. The molecule has 3 N–H and O–H groups in total. The van der Waals surface area contributed by atoms with Crippen LogP contribution in [0.25, 0.3) is 0 Å². The molecule has 46 heavy (non-hydrogen) atoms. The molecule has 3 heterocycles. The van der Waals surface area contributed by atoms with Crippen LogP contribution in [0.3, 0.4) is 0 Å². The van der Waals surface area contributed by atoms with Gasteiger partial charge in [-0.1, -0.05) is 53.5 Å². The lowest BCUT2D eigenvalue weighted by Gasteiger charge is -2.38. The Kier molecular flexibility index (Phi) is 10.5. The van der Waals surface area contributed by atoms with Crippen LogP contribution in [0.2, 0.25) is 10.0 Å². The van der Waals surface area contributed by atoms with E-state index in [1.54, 1.807) is 37.3 Å². The van der Waals surface area contributed by atoms with Crippen molar-refractivity contribution in [1.82, 2.24) is 25.2 Å². The van der Waals surface area contributed by atoms with Gasteiger partial charge >= 0.3 is 0 Å². The Morgan fingerprint density at radius 1 is 0.913 bits per heavy atom. The first kappa shape index (κ1) is 34.4. The third kappa shape index (κ3) is 6.60. The van der Waals surface area contributed by atoms with Crippen molar-refractivity contribution < 1.29 is 22.7 Å². The molecule has 6 rings (SSSR count). The summed E-state index contributed by atoms with van der Waals surface area (Å²) in [4.78, 5) is 28.8. The van der Waals surface area contributed by atoms with E-state index in [0.29, 0.717) is 41.8 Å². The topological polar surface area (TPSA) is 120 Å². The summed E-state index contributed by atoms with van der Waals surface area (Å²) in [6.45, 7) is 3.46. The fraction of sp³-hybridized carbons (Fsp3) is 0.375. The van der Waals surface area contributed by atoms with Crippen molar-refractivity contribution >= 4 is 57.4 Å². The zero-order valence-electron chi connectivity index (χ0n) is 25.2. The van der Waals surface area contributed by atoms with Crippen molar-refractivity contribution in [2.24, 2.45) is 0 Å². The predicted molar refractivity (Wildman–Crippen MR) is 179 cm³/mol. The van der Waals surface area contributed by atoms with Gasteiger partial charge in [0.05, 0.1) is 30.1 Å². The van der Waals surface area contributed by atoms with Gasteiger partial charge in [-0.3, -0.25) is 20.2 Å². The van der Waals surface area contributed by atoms with E-state index in [-0.39, 0.29) is 48.0 Å². The van der Waals surface area contributed by atoms with Gasteiger partial charge < -0.3 is 15.0 Å². The molecule has 3 aromatic carbocycles. The molecule has 1 unspecified atom stereocenters. The number of rotatable bonds is 8. The molecule has 0 aromatic heterocycles. The number of benzene rings is 3. The molecule has 3 aliphatic rings. The highest BCUT2D eigenvalue weighted by atomic mass is 35.5. The van der Waals surface area contributed by atoms with Crippen LogP contribution >= 0.6 is 35.6 Å². The van der Waals surface area contributed by atoms with Gasteiger partial charge in [-0.15, -0.1) is 12.4 Å². The highest BCUT2D eigenvalue weighted by Crippen LogP contribution is 2.45. The minimum Gasteiger partial charge on any atom is -0.493 e. The summed E-state index contributed by atoms with van der Waals surface area (Å²) in [5, 5.41) is 11.1. The van der Waals surface area contributed by atoms with Gasteiger partial charge in [0.25, 0.3) is 5.91 Å². The Morgan fingerprint density at radius 3 is 2.00 bits per heavy atom. The van der Waals surface area contributed by atoms with Gasteiger partial charge in [0.2, 0.25) is 15.9 Å². The smallest absolute Gasteiger partial charge is 0.263 e. The summed E-state index contributed by atoms with van der Waals surface area (Å²) in [5.41, 5.74) is 0.538. The molecule has 0 aliphatic carbocycles. The van der Waals surface area contributed by atoms with Crippen LogP contribution in [0, 0.1) is 0 Å². The Bertz CT molecular complexity index is 1630. The van der Waals surface area contributed by atoms with Crippen LogP contribution in [-0.2, 0) is 25.3 Å². The van der Waals surface area contributed by atoms with E-state index >= 15 is 0 Å². The first-order valence-electron chi connectivity index (χ1n) is 15.0. The third-order valence-corrected chi connectivity index (χ3v) is 10.9. The van der Waals surface area contributed by atoms with E-state index in [1.165, 1.54) is 21.3 Å². The number of hydrogen-bond donors (Lipinski definition) is 3. The monoisotopic (exact) mass is 707 g/mol. The number of hydrogen-bond acceptors (Lipinski definition) is 7. The number of sulfonamides is 1. The molecule has 0 saturated carbocycles. The molecule has 2 amide bonds. The number of amides is 2. The Labute approximate surface area is 285 Å². The fourth-order valence-corrected chi connectivity index (χ4v) is 8.12. The van der Waals surface area contributed by atoms with Gasteiger partial charge in [-0.25, -0.2) is 8.42 Å². The second-order valence-corrected chi connectivity index (χ2v) is 14.2. The zero-order valence-corrected chi connectivity index (χ0v) is 28.3. The largest absolute Gasteiger partial charge is 0.493 e. The van der Waals surface area contributed by atoms with Crippen LogP contribution in [0.5, 0.6) is 5.75 Å². The Hall–Kier alpha value is -2.90. The van der Waals surface area contributed by atoms with Crippen molar-refractivity contribution in [1.29, 1.82) is 0 Å². The van der Waals surface area contributed by atoms with Gasteiger partial charge in [-0.05, 0) is 61.2 Å². The number of ether oxygens (including phenoxy) is 1. The van der Waals surface area contributed by atoms with Gasteiger partial charge in [-0.2, -0.15) is 4.31 Å². The average molecular weight is 709 g/mol. The highest BCUT2D eigenvalue weighted by molar-refractivity contribution is 7.89. The summed E-state index contributed by atoms with van der Waals surface area (Å²) < 4.78 is 34.7. The molecule has 3 saturated heterocycles. The minimum absolute atomic E-state index is 0. The van der Waals surface area contributed by atoms with Crippen molar-refractivity contribution in [3.8, 4) is 5.75 Å². The SMILES string of the molecule is CCOc1cc(S(=O)(=O)N2CCCC2)ccc1C1(C(=O)N2CCNC(=O)C2)N[C@H](c2ccc(Cl)cc2)[C@H](c2ccc(Cl)cc2)N1.Cl. The normalized spacial score (nSPS) is 23.5. The van der Waals surface area contributed by atoms with E-state index in [4.69, 9.17) is 27.9 Å². The maximum atomic E-state index is 14.8. The number of carbonyl (C=O) groups excluding carboxylic acids is 2.